The molecule has 0 bridgehead atoms. The molecule has 0 spiro atoms. The van der Waals surface area contributed by atoms with Crippen molar-refractivity contribution in [3.8, 4) is 0 Å². The first-order valence-corrected chi connectivity index (χ1v) is 9.49. The van der Waals surface area contributed by atoms with Crippen molar-refractivity contribution in [3.63, 3.8) is 0 Å². The van der Waals surface area contributed by atoms with Crippen LogP contribution in [-0.2, 0) is 20.8 Å². The van der Waals surface area contributed by atoms with E-state index in [-0.39, 0.29) is 6.04 Å². The standard InChI is InChI=1S/C13H22N2O3S2/c1-9-6-12(14-4)7-10(2)13(9)20(17,18)15-11(3)8-19(5)16/h6-7,11,14-15H,8H2,1-5H3. The van der Waals surface area contributed by atoms with Crippen LogP contribution in [0.3, 0.4) is 0 Å². The molecular weight excluding hydrogens is 296 g/mol. The number of benzene rings is 1. The van der Waals surface area contributed by atoms with Crippen molar-refractivity contribution in [2.75, 3.05) is 24.4 Å². The zero-order chi connectivity index (χ0) is 15.5. The quantitative estimate of drug-likeness (QED) is 0.831. The minimum atomic E-state index is -3.60. The molecule has 0 fully saturated rings. The van der Waals surface area contributed by atoms with E-state index in [9.17, 15) is 12.6 Å². The van der Waals surface area contributed by atoms with Crippen LogP contribution in [-0.4, -0.2) is 37.7 Å². The molecule has 20 heavy (non-hydrogen) atoms. The van der Waals surface area contributed by atoms with E-state index >= 15 is 0 Å². The van der Waals surface area contributed by atoms with Crippen molar-refractivity contribution in [2.24, 2.45) is 0 Å². The van der Waals surface area contributed by atoms with Crippen LogP contribution in [0.5, 0.6) is 0 Å². The van der Waals surface area contributed by atoms with Crippen LogP contribution in [0.15, 0.2) is 17.0 Å². The van der Waals surface area contributed by atoms with Gasteiger partial charge in [-0.15, -0.1) is 0 Å². The zero-order valence-electron chi connectivity index (χ0n) is 12.5. The maximum absolute atomic E-state index is 12.4. The second-order valence-electron chi connectivity index (χ2n) is 4.95. The van der Waals surface area contributed by atoms with Gasteiger partial charge >= 0.3 is 0 Å². The predicted octanol–water partition coefficient (Wildman–Crippen LogP) is 1.39. The molecule has 0 aliphatic carbocycles. The monoisotopic (exact) mass is 318 g/mol. The molecule has 2 N–H and O–H groups in total. The third-order valence-electron chi connectivity index (χ3n) is 2.86. The fraction of sp³-hybridized carbons (Fsp3) is 0.538. The lowest BCUT2D eigenvalue weighted by molar-refractivity contribution is 0.569. The summed E-state index contributed by atoms with van der Waals surface area (Å²) < 4.78 is 38.6. The van der Waals surface area contributed by atoms with E-state index in [2.05, 4.69) is 10.0 Å². The third-order valence-corrected chi connectivity index (χ3v) is 5.72. The summed E-state index contributed by atoms with van der Waals surface area (Å²) in [6.45, 7) is 5.25. The van der Waals surface area contributed by atoms with Crippen LogP contribution >= 0.6 is 0 Å². The molecule has 1 aromatic carbocycles. The molecule has 5 nitrogen and oxygen atoms in total. The summed E-state index contributed by atoms with van der Waals surface area (Å²) in [5, 5.41) is 3.00. The van der Waals surface area contributed by atoms with Gasteiger partial charge in [-0.2, -0.15) is 0 Å². The Hall–Kier alpha value is -0.920. The molecule has 0 radical (unpaired) electrons. The smallest absolute Gasteiger partial charge is 0.241 e. The molecule has 2 atom stereocenters. The van der Waals surface area contributed by atoms with Crippen molar-refractivity contribution in [1.82, 2.24) is 4.72 Å². The summed E-state index contributed by atoms with van der Waals surface area (Å²) in [6, 6.07) is 3.22. The van der Waals surface area contributed by atoms with E-state index in [1.807, 2.05) is 0 Å². The number of rotatable bonds is 6. The van der Waals surface area contributed by atoms with Crippen molar-refractivity contribution in [3.05, 3.63) is 23.3 Å². The molecule has 114 valence electrons. The van der Waals surface area contributed by atoms with Gasteiger partial charge in [0.15, 0.2) is 0 Å². The van der Waals surface area contributed by atoms with Crippen LogP contribution in [0.1, 0.15) is 18.1 Å². The van der Waals surface area contributed by atoms with Crippen LogP contribution in [0.2, 0.25) is 0 Å². The SMILES string of the molecule is CNc1cc(C)c(S(=O)(=O)NC(C)CS(C)=O)c(C)c1. The Morgan fingerprint density at radius 1 is 1.25 bits per heavy atom. The largest absolute Gasteiger partial charge is 0.388 e. The highest BCUT2D eigenvalue weighted by molar-refractivity contribution is 7.89. The second kappa shape index (κ2) is 6.69. The summed E-state index contributed by atoms with van der Waals surface area (Å²) in [6.07, 6.45) is 1.56. The first kappa shape index (κ1) is 17.1. The van der Waals surface area contributed by atoms with Crippen molar-refractivity contribution < 1.29 is 12.6 Å². The van der Waals surface area contributed by atoms with Gasteiger partial charge < -0.3 is 5.32 Å². The average molecular weight is 318 g/mol. The van der Waals surface area contributed by atoms with Gasteiger partial charge in [0.05, 0.1) is 4.90 Å². The lowest BCUT2D eigenvalue weighted by Gasteiger charge is -2.17. The Labute approximate surface area is 123 Å². The molecule has 0 amide bonds. The minimum absolute atomic E-state index is 0.297. The number of hydrogen-bond acceptors (Lipinski definition) is 4. The summed E-state index contributed by atoms with van der Waals surface area (Å²) in [5.74, 6) is 0.298. The molecular formula is C13H22N2O3S2. The van der Waals surface area contributed by atoms with E-state index in [0.29, 0.717) is 21.8 Å². The Balaban J connectivity index is 3.13. The maximum Gasteiger partial charge on any atom is 0.241 e. The Kier molecular flexibility index (Phi) is 5.73. The van der Waals surface area contributed by atoms with E-state index < -0.39 is 20.8 Å². The van der Waals surface area contributed by atoms with E-state index in [1.54, 1.807) is 46.2 Å². The first-order valence-electron chi connectivity index (χ1n) is 6.28. The van der Waals surface area contributed by atoms with E-state index in [1.165, 1.54) is 0 Å². The van der Waals surface area contributed by atoms with E-state index in [4.69, 9.17) is 0 Å². The summed E-state index contributed by atoms with van der Waals surface area (Å²) in [7, 11) is -2.85. The van der Waals surface area contributed by atoms with Gasteiger partial charge in [-0.3, -0.25) is 4.21 Å². The molecule has 1 rings (SSSR count). The van der Waals surface area contributed by atoms with Crippen molar-refractivity contribution in [2.45, 2.75) is 31.7 Å². The molecule has 2 unspecified atom stereocenters. The highest BCUT2D eigenvalue weighted by atomic mass is 32.2. The Bertz CT molecular complexity index is 589. The lowest BCUT2D eigenvalue weighted by atomic mass is 10.1. The predicted molar refractivity (Wildman–Crippen MR) is 84.2 cm³/mol. The number of nitrogens with one attached hydrogen (secondary N) is 2. The molecule has 0 saturated heterocycles. The van der Waals surface area contributed by atoms with Gasteiger partial charge in [0.25, 0.3) is 0 Å². The van der Waals surface area contributed by atoms with Gasteiger partial charge in [0, 0.05) is 41.6 Å². The van der Waals surface area contributed by atoms with Gasteiger partial charge in [-0.1, -0.05) is 0 Å². The molecule has 0 aromatic heterocycles. The molecule has 0 aliphatic rings. The summed E-state index contributed by atoms with van der Waals surface area (Å²) >= 11 is 0. The molecule has 0 heterocycles. The van der Waals surface area contributed by atoms with Crippen LogP contribution < -0.4 is 10.0 Å². The molecule has 0 saturated carbocycles. The zero-order valence-corrected chi connectivity index (χ0v) is 14.1. The number of aryl methyl sites for hydroxylation is 2. The summed E-state index contributed by atoms with van der Waals surface area (Å²) in [4.78, 5) is 0.297. The summed E-state index contributed by atoms with van der Waals surface area (Å²) in [5.41, 5.74) is 2.25. The van der Waals surface area contributed by atoms with E-state index in [0.717, 1.165) is 5.69 Å². The van der Waals surface area contributed by atoms with Gasteiger partial charge in [0.2, 0.25) is 10.0 Å². The van der Waals surface area contributed by atoms with Crippen molar-refractivity contribution >= 4 is 26.5 Å². The number of anilines is 1. The highest BCUT2D eigenvalue weighted by Crippen LogP contribution is 2.24. The minimum Gasteiger partial charge on any atom is -0.388 e. The first-order chi connectivity index (χ1) is 9.17. The fourth-order valence-electron chi connectivity index (χ4n) is 2.23. The maximum atomic E-state index is 12.4. The Morgan fingerprint density at radius 3 is 2.15 bits per heavy atom. The van der Waals surface area contributed by atoms with Gasteiger partial charge in [-0.05, 0) is 44.0 Å². The lowest BCUT2D eigenvalue weighted by Crippen LogP contribution is -2.36. The van der Waals surface area contributed by atoms with Crippen LogP contribution in [0, 0.1) is 13.8 Å². The number of hydrogen-bond donors (Lipinski definition) is 2. The van der Waals surface area contributed by atoms with Gasteiger partial charge in [0.1, 0.15) is 0 Å². The molecule has 0 aliphatic heterocycles. The fourth-order valence-corrected chi connectivity index (χ4v) is 4.82. The molecule has 7 heteroatoms. The Morgan fingerprint density at radius 2 is 1.75 bits per heavy atom. The average Bonchev–Trinajstić information content (AvgIpc) is 2.24. The topological polar surface area (TPSA) is 75.3 Å². The highest BCUT2D eigenvalue weighted by Gasteiger charge is 2.22. The number of sulfonamides is 1. The van der Waals surface area contributed by atoms with Crippen molar-refractivity contribution in [1.29, 1.82) is 0 Å². The molecule has 1 aromatic rings. The van der Waals surface area contributed by atoms with Crippen LogP contribution in [0.25, 0.3) is 0 Å². The van der Waals surface area contributed by atoms with Gasteiger partial charge in [-0.25, -0.2) is 13.1 Å². The second-order valence-corrected chi connectivity index (χ2v) is 8.08. The normalized spacial score (nSPS) is 14.8. The third kappa shape index (κ3) is 4.29. The van der Waals surface area contributed by atoms with Crippen LogP contribution in [0.4, 0.5) is 5.69 Å².